The summed E-state index contributed by atoms with van der Waals surface area (Å²) in [5, 5.41) is 14.2. The molecule has 0 N–H and O–H groups in total. The third kappa shape index (κ3) is 4.12. The van der Waals surface area contributed by atoms with Crippen molar-refractivity contribution in [2.75, 3.05) is 0 Å². The van der Waals surface area contributed by atoms with E-state index in [0.717, 1.165) is 66.3 Å². The second kappa shape index (κ2) is 9.50. The SMILES string of the molecule is c1ccc(-c2cc(-c3ccccc3)nc(-c3ccc4ccc5ccc6nn(-c7ccccc7)nc6c5c4c3)n2)cc1. The van der Waals surface area contributed by atoms with Gasteiger partial charge in [0.2, 0.25) is 0 Å². The predicted molar refractivity (Wildman–Crippen MR) is 166 cm³/mol. The van der Waals surface area contributed by atoms with Crippen LogP contribution in [-0.2, 0) is 0 Å². The highest BCUT2D eigenvalue weighted by Gasteiger charge is 2.15. The molecule has 0 atom stereocenters. The Morgan fingerprint density at radius 3 is 1.73 bits per heavy atom. The summed E-state index contributed by atoms with van der Waals surface area (Å²) >= 11 is 0. The third-order valence-electron chi connectivity index (χ3n) is 7.46. The van der Waals surface area contributed by atoms with Gasteiger partial charge in [-0.1, -0.05) is 109 Å². The van der Waals surface area contributed by atoms with Crippen molar-refractivity contribution in [2.45, 2.75) is 0 Å². The Bertz CT molecular complexity index is 2130. The Hall–Kier alpha value is -5.68. The summed E-state index contributed by atoms with van der Waals surface area (Å²) in [6, 6.07) is 47.5. The molecule has 8 aromatic rings. The number of rotatable bonds is 4. The molecule has 0 aliphatic rings. The van der Waals surface area contributed by atoms with E-state index in [1.807, 2.05) is 72.8 Å². The van der Waals surface area contributed by atoms with Gasteiger partial charge in [-0.3, -0.25) is 0 Å². The first-order valence-electron chi connectivity index (χ1n) is 13.6. The van der Waals surface area contributed by atoms with Crippen LogP contribution < -0.4 is 0 Å². The summed E-state index contributed by atoms with van der Waals surface area (Å²) in [4.78, 5) is 11.8. The molecule has 0 amide bonds. The fourth-order valence-electron chi connectivity index (χ4n) is 5.42. The van der Waals surface area contributed by atoms with Gasteiger partial charge in [-0.05, 0) is 46.5 Å². The molecule has 41 heavy (non-hydrogen) atoms. The van der Waals surface area contributed by atoms with Gasteiger partial charge in [-0.2, -0.15) is 4.80 Å². The Morgan fingerprint density at radius 2 is 1.05 bits per heavy atom. The van der Waals surface area contributed by atoms with Crippen LogP contribution in [0.4, 0.5) is 0 Å². The molecular formula is C36H23N5. The van der Waals surface area contributed by atoms with Crippen molar-refractivity contribution in [3.63, 3.8) is 0 Å². The summed E-state index contributed by atoms with van der Waals surface area (Å²) < 4.78 is 0. The molecule has 0 unspecified atom stereocenters. The Kier molecular flexibility index (Phi) is 5.38. The van der Waals surface area contributed by atoms with Crippen molar-refractivity contribution in [3.05, 3.63) is 140 Å². The van der Waals surface area contributed by atoms with Gasteiger partial charge in [0.1, 0.15) is 11.0 Å². The first-order valence-corrected chi connectivity index (χ1v) is 13.6. The van der Waals surface area contributed by atoms with Gasteiger partial charge in [0.15, 0.2) is 5.82 Å². The van der Waals surface area contributed by atoms with Crippen LogP contribution in [0, 0.1) is 0 Å². The van der Waals surface area contributed by atoms with E-state index in [1.165, 1.54) is 0 Å². The molecule has 192 valence electrons. The van der Waals surface area contributed by atoms with E-state index in [1.54, 1.807) is 4.80 Å². The number of nitrogens with zero attached hydrogens (tertiary/aromatic N) is 5. The molecule has 0 radical (unpaired) electrons. The minimum Gasteiger partial charge on any atom is -0.228 e. The largest absolute Gasteiger partial charge is 0.228 e. The minimum atomic E-state index is 0.684. The number of aromatic nitrogens is 5. The van der Waals surface area contributed by atoms with Crippen molar-refractivity contribution in [1.82, 2.24) is 25.0 Å². The lowest BCUT2D eigenvalue weighted by atomic mass is 9.98. The molecule has 2 aromatic heterocycles. The molecule has 0 saturated carbocycles. The Balaban J connectivity index is 1.36. The second-order valence-corrected chi connectivity index (χ2v) is 10.1. The second-order valence-electron chi connectivity index (χ2n) is 10.1. The van der Waals surface area contributed by atoms with E-state index < -0.39 is 0 Å². The molecule has 0 saturated heterocycles. The predicted octanol–water partition coefficient (Wildman–Crippen LogP) is 8.52. The van der Waals surface area contributed by atoms with Crippen LogP contribution in [0.15, 0.2) is 140 Å². The molecule has 5 nitrogen and oxygen atoms in total. The molecule has 0 aliphatic carbocycles. The Morgan fingerprint density at radius 1 is 0.463 bits per heavy atom. The summed E-state index contributed by atoms with van der Waals surface area (Å²) in [7, 11) is 0. The van der Waals surface area contributed by atoms with Crippen LogP contribution in [0.2, 0.25) is 0 Å². The van der Waals surface area contributed by atoms with Gasteiger partial charge >= 0.3 is 0 Å². The van der Waals surface area contributed by atoms with Crippen LogP contribution >= 0.6 is 0 Å². The highest BCUT2D eigenvalue weighted by atomic mass is 15.5. The van der Waals surface area contributed by atoms with E-state index in [4.69, 9.17) is 20.2 Å². The topological polar surface area (TPSA) is 56.5 Å². The van der Waals surface area contributed by atoms with E-state index >= 15 is 0 Å². The average molecular weight is 526 g/mol. The summed E-state index contributed by atoms with van der Waals surface area (Å²) in [6.45, 7) is 0. The van der Waals surface area contributed by atoms with Gasteiger partial charge in [0.25, 0.3) is 0 Å². The lowest BCUT2D eigenvalue weighted by Crippen LogP contribution is -1.97. The number of hydrogen-bond acceptors (Lipinski definition) is 4. The molecule has 5 heteroatoms. The van der Waals surface area contributed by atoms with Crippen molar-refractivity contribution < 1.29 is 0 Å². The zero-order chi connectivity index (χ0) is 27.2. The fraction of sp³-hybridized carbons (Fsp3) is 0. The average Bonchev–Trinajstić information content (AvgIpc) is 3.50. The third-order valence-corrected chi connectivity index (χ3v) is 7.46. The number of hydrogen-bond donors (Lipinski definition) is 0. The zero-order valence-electron chi connectivity index (χ0n) is 22.0. The monoisotopic (exact) mass is 525 g/mol. The van der Waals surface area contributed by atoms with Crippen molar-refractivity contribution in [3.8, 4) is 39.6 Å². The van der Waals surface area contributed by atoms with E-state index in [9.17, 15) is 0 Å². The maximum atomic E-state index is 5.05. The smallest absolute Gasteiger partial charge is 0.160 e. The van der Waals surface area contributed by atoms with Crippen LogP contribution in [0.25, 0.3) is 72.2 Å². The van der Waals surface area contributed by atoms with Crippen LogP contribution in [-0.4, -0.2) is 25.0 Å². The molecule has 0 spiro atoms. The lowest BCUT2D eigenvalue weighted by Gasteiger charge is -2.11. The zero-order valence-corrected chi connectivity index (χ0v) is 22.0. The minimum absolute atomic E-state index is 0.684. The summed E-state index contributed by atoms with van der Waals surface area (Å²) in [5.74, 6) is 0.684. The maximum absolute atomic E-state index is 5.05. The van der Waals surface area contributed by atoms with Gasteiger partial charge < -0.3 is 0 Å². The summed E-state index contributed by atoms with van der Waals surface area (Å²) in [6.07, 6.45) is 0. The Labute approximate surface area is 236 Å². The molecule has 0 bridgehead atoms. The molecular weight excluding hydrogens is 502 g/mol. The van der Waals surface area contributed by atoms with Crippen molar-refractivity contribution in [2.24, 2.45) is 0 Å². The molecule has 8 rings (SSSR count). The highest BCUT2D eigenvalue weighted by Crippen LogP contribution is 2.34. The number of fused-ring (bicyclic) bond motifs is 5. The maximum Gasteiger partial charge on any atom is 0.160 e. The van der Waals surface area contributed by atoms with Gasteiger partial charge in [0.05, 0.1) is 17.1 Å². The molecule has 0 fully saturated rings. The van der Waals surface area contributed by atoms with E-state index in [0.29, 0.717) is 5.82 Å². The fourth-order valence-corrected chi connectivity index (χ4v) is 5.42. The van der Waals surface area contributed by atoms with Gasteiger partial charge in [0, 0.05) is 22.1 Å². The van der Waals surface area contributed by atoms with Crippen LogP contribution in [0.5, 0.6) is 0 Å². The summed E-state index contributed by atoms with van der Waals surface area (Å²) in [5.41, 5.74) is 7.50. The van der Waals surface area contributed by atoms with Gasteiger partial charge in [-0.15, -0.1) is 10.2 Å². The van der Waals surface area contributed by atoms with E-state index in [-0.39, 0.29) is 0 Å². The lowest BCUT2D eigenvalue weighted by molar-refractivity contribution is 0.766. The normalized spacial score (nSPS) is 11.4. The van der Waals surface area contributed by atoms with Crippen molar-refractivity contribution in [1.29, 1.82) is 0 Å². The quantitative estimate of drug-likeness (QED) is 0.216. The standard InChI is InChI=1S/C36H23N5/c1-4-10-25(11-5-1)32-23-33(26-12-6-2-7-13-26)38-36(37-32)28-19-17-24-16-18-27-20-21-31-35(34(27)30(24)22-28)40-41(39-31)29-14-8-3-9-15-29/h1-23H. The molecule has 0 aliphatic heterocycles. The number of benzene rings is 6. The van der Waals surface area contributed by atoms with E-state index in [2.05, 4.69) is 66.7 Å². The van der Waals surface area contributed by atoms with Crippen LogP contribution in [0.3, 0.4) is 0 Å². The highest BCUT2D eigenvalue weighted by molar-refractivity contribution is 6.18. The van der Waals surface area contributed by atoms with Crippen molar-refractivity contribution >= 4 is 32.6 Å². The first-order chi connectivity index (χ1) is 20.3. The first kappa shape index (κ1) is 23.2. The number of para-hydroxylation sites is 1. The molecule has 6 aromatic carbocycles. The van der Waals surface area contributed by atoms with Gasteiger partial charge in [-0.25, -0.2) is 9.97 Å². The van der Waals surface area contributed by atoms with Crippen LogP contribution in [0.1, 0.15) is 0 Å². The molecule has 2 heterocycles.